The zero-order valence-electron chi connectivity index (χ0n) is 12.0. The van der Waals surface area contributed by atoms with E-state index in [1.165, 1.54) is 31.5 Å². The van der Waals surface area contributed by atoms with Crippen molar-refractivity contribution in [2.75, 3.05) is 26.2 Å². The largest absolute Gasteiger partial charge is 0.316 e. The van der Waals surface area contributed by atoms with E-state index in [0.29, 0.717) is 0 Å². The number of nitrogens with one attached hydrogen (secondary N) is 2. The van der Waals surface area contributed by atoms with Crippen molar-refractivity contribution in [2.45, 2.75) is 32.1 Å². The molecule has 2 N–H and O–H groups in total. The lowest BCUT2D eigenvalue weighted by atomic mass is 9.84. The van der Waals surface area contributed by atoms with Gasteiger partial charge in [0.05, 0.1) is 0 Å². The molecular weight excluding hydrogens is 300 g/mol. The first-order chi connectivity index (χ1) is 9.08. The van der Waals surface area contributed by atoms with Gasteiger partial charge in [-0.3, -0.25) is 0 Å². The Labute approximate surface area is 125 Å². The molecule has 0 radical (unpaired) electrons. The van der Waals surface area contributed by atoms with Crippen LogP contribution in [-0.4, -0.2) is 26.2 Å². The molecule has 2 rings (SSSR count). The van der Waals surface area contributed by atoms with Crippen LogP contribution in [-0.2, 0) is 5.41 Å². The molecule has 1 heterocycles. The second kappa shape index (κ2) is 6.87. The van der Waals surface area contributed by atoms with Gasteiger partial charge in [-0.1, -0.05) is 41.9 Å². The summed E-state index contributed by atoms with van der Waals surface area (Å²) in [5.74, 6) is 0.876. The maximum absolute atomic E-state index is 3.63. The van der Waals surface area contributed by atoms with Crippen molar-refractivity contribution in [1.29, 1.82) is 0 Å². The van der Waals surface area contributed by atoms with Crippen molar-refractivity contribution in [2.24, 2.45) is 5.92 Å². The van der Waals surface area contributed by atoms with Crippen molar-refractivity contribution < 1.29 is 0 Å². The van der Waals surface area contributed by atoms with E-state index < -0.39 is 0 Å². The molecule has 106 valence electrons. The molecule has 2 nitrogen and oxygen atoms in total. The van der Waals surface area contributed by atoms with Gasteiger partial charge in [-0.15, -0.1) is 0 Å². The molecular formula is C16H25BrN2. The number of benzene rings is 1. The molecule has 3 heteroatoms. The smallest absolute Gasteiger partial charge is 0.0178 e. The zero-order chi connectivity index (χ0) is 13.7. The fourth-order valence-corrected chi connectivity index (χ4v) is 3.08. The summed E-state index contributed by atoms with van der Waals surface area (Å²) in [6.45, 7) is 9.18. The summed E-state index contributed by atoms with van der Waals surface area (Å²) in [5.41, 5.74) is 1.56. The van der Waals surface area contributed by atoms with E-state index in [1.807, 2.05) is 0 Å². The van der Waals surface area contributed by atoms with Crippen LogP contribution in [0, 0.1) is 5.92 Å². The second-order valence-corrected chi connectivity index (χ2v) is 7.13. The van der Waals surface area contributed by atoms with E-state index in [-0.39, 0.29) is 5.41 Å². The maximum Gasteiger partial charge on any atom is 0.0178 e. The van der Waals surface area contributed by atoms with Gasteiger partial charge < -0.3 is 10.6 Å². The molecule has 0 aliphatic carbocycles. The molecule has 0 bridgehead atoms. The average molecular weight is 325 g/mol. The minimum atomic E-state index is 0.178. The highest BCUT2D eigenvalue weighted by Gasteiger charge is 2.20. The minimum absolute atomic E-state index is 0.178. The predicted octanol–water partition coefficient (Wildman–Crippen LogP) is 3.32. The molecule has 1 unspecified atom stereocenters. The summed E-state index contributed by atoms with van der Waals surface area (Å²) in [6, 6.07) is 8.64. The first kappa shape index (κ1) is 15.0. The van der Waals surface area contributed by atoms with Crippen LogP contribution < -0.4 is 10.6 Å². The van der Waals surface area contributed by atoms with Crippen molar-refractivity contribution in [3.63, 3.8) is 0 Å². The fraction of sp³-hybridized carbons (Fsp3) is 0.625. The Kier molecular flexibility index (Phi) is 5.43. The molecule has 1 aliphatic rings. The van der Waals surface area contributed by atoms with Crippen LogP contribution in [0.15, 0.2) is 28.7 Å². The molecule has 0 aromatic heterocycles. The van der Waals surface area contributed by atoms with Gasteiger partial charge in [0.15, 0.2) is 0 Å². The normalized spacial score (nSPS) is 19.8. The van der Waals surface area contributed by atoms with Crippen LogP contribution >= 0.6 is 15.9 Å². The summed E-state index contributed by atoms with van der Waals surface area (Å²) in [7, 11) is 0. The van der Waals surface area contributed by atoms with Gasteiger partial charge in [-0.05, 0) is 56.1 Å². The zero-order valence-corrected chi connectivity index (χ0v) is 13.6. The first-order valence-corrected chi connectivity index (χ1v) is 8.05. The third-order valence-corrected chi connectivity index (χ3v) is 4.56. The van der Waals surface area contributed by atoms with Crippen LogP contribution in [0.5, 0.6) is 0 Å². The second-order valence-electron chi connectivity index (χ2n) is 6.22. The van der Waals surface area contributed by atoms with E-state index in [1.54, 1.807) is 0 Å². The molecule has 1 saturated heterocycles. The minimum Gasteiger partial charge on any atom is -0.316 e. The highest BCUT2D eigenvalue weighted by molar-refractivity contribution is 9.10. The Morgan fingerprint density at radius 3 is 2.95 bits per heavy atom. The lowest BCUT2D eigenvalue weighted by molar-refractivity contribution is 0.437. The summed E-state index contributed by atoms with van der Waals surface area (Å²) in [6.07, 6.45) is 2.64. The summed E-state index contributed by atoms with van der Waals surface area (Å²) in [5, 5.41) is 7.06. The molecule has 0 spiro atoms. The Morgan fingerprint density at radius 1 is 1.42 bits per heavy atom. The predicted molar refractivity (Wildman–Crippen MR) is 85.6 cm³/mol. The maximum atomic E-state index is 3.63. The molecule has 19 heavy (non-hydrogen) atoms. The summed E-state index contributed by atoms with van der Waals surface area (Å²) < 4.78 is 1.16. The van der Waals surface area contributed by atoms with Crippen molar-refractivity contribution in [3.8, 4) is 0 Å². The Morgan fingerprint density at radius 2 is 2.26 bits per heavy atom. The fourth-order valence-electron chi connectivity index (χ4n) is 2.68. The molecule has 0 amide bonds. The summed E-state index contributed by atoms with van der Waals surface area (Å²) in [4.78, 5) is 0. The van der Waals surface area contributed by atoms with Crippen LogP contribution in [0.1, 0.15) is 32.3 Å². The lowest BCUT2D eigenvalue weighted by Gasteiger charge is -2.26. The van der Waals surface area contributed by atoms with Crippen LogP contribution in [0.3, 0.4) is 0 Å². The van der Waals surface area contributed by atoms with Crippen molar-refractivity contribution in [3.05, 3.63) is 34.3 Å². The topological polar surface area (TPSA) is 24.1 Å². The van der Waals surface area contributed by atoms with Crippen LogP contribution in [0.4, 0.5) is 0 Å². The molecule has 1 aromatic rings. The monoisotopic (exact) mass is 324 g/mol. The third kappa shape index (κ3) is 4.59. The van der Waals surface area contributed by atoms with Crippen molar-refractivity contribution >= 4 is 15.9 Å². The van der Waals surface area contributed by atoms with Crippen LogP contribution in [0.25, 0.3) is 0 Å². The number of hydrogen-bond donors (Lipinski definition) is 2. The third-order valence-electron chi connectivity index (χ3n) is 4.06. The van der Waals surface area contributed by atoms with Crippen LogP contribution in [0.2, 0.25) is 0 Å². The van der Waals surface area contributed by atoms with Gasteiger partial charge >= 0.3 is 0 Å². The van der Waals surface area contributed by atoms with Gasteiger partial charge in [0.2, 0.25) is 0 Å². The number of halogens is 1. The van der Waals surface area contributed by atoms with Crippen molar-refractivity contribution in [1.82, 2.24) is 10.6 Å². The SMILES string of the molecule is CC(C)(CNCCC1CCNC1)c1cccc(Br)c1. The average Bonchev–Trinajstić information content (AvgIpc) is 2.88. The Bertz CT molecular complexity index is 397. The van der Waals surface area contributed by atoms with E-state index in [9.17, 15) is 0 Å². The Balaban J connectivity index is 1.77. The standard InChI is InChI=1S/C16H25BrN2/c1-16(2,14-4-3-5-15(17)10-14)12-19-9-7-13-6-8-18-11-13/h3-5,10,13,18-19H,6-9,11-12H2,1-2H3. The van der Waals surface area contributed by atoms with E-state index >= 15 is 0 Å². The number of hydrogen-bond acceptors (Lipinski definition) is 2. The molecule has 1 fully saturated rings. The first-order valence-electron chi connectivity index (χ1n) is 7.25. The molecule has 1 aromatic carbocycles. The molecule has 1 aliphatic heterocycles. The van der Waals surface area contributed by atoms with Gasteiger partial charge in [0, 0.05) is 16.4 Å². The van der Waals surface area contributed by atoms with Gasteiger partial charge in [0.1, 0.15) is 0 Å². The summed E-state index contributed by atoms with van der Waals surface area (Å²) >= 11 is 3.55. The molecule has 1 atom stereocenters. The van der Waals surface area contributed by atoms with E-state index in [2.05, 4.69) is 64.7 Å². The molecule has 0 saturated carbocycles. The van der Waals surface area contributed by atoms with Gasteiger partial charge in [0.25, 0.3) is 0 Å². The van der Waals surface area contributed by atoms with E-state index in [4.69, 9.17) is 0 Å². The highest BCUT2D eigenvalue weighted by atomic mass is 79.9. The van der Waals surface area contributed by atoms with E-state index in [0.717, 1.165) is 23.5 Å². The number of rotatable bonds is 6. The quantitative estimate of drug-likeness (QED) is 0.784. The lowest BCUT2D eigenvalue weighted by Crippen LogP contribution is -2.34. The van der Waals surface area contributed by atoms with Gasteiger partial charge in [-0.25, -0.2) is 0 Å². The van der Waals surface area contributed by atoms with Gasteiger partial charge in [-0.2, -0.15) is 0 Å². The highest BCUT2D eigenvalue weighted by Crippen LogP contribution is 2.25. The Hall–Kier alpha value is -0.380.